The minimum Gasteiger partial charge on any atom is -0.462 e. The molecule has 2 N–H and O–H groups in total. The Bertz CT molecular complexity index is 821. The molecule has 7 nitrogen and oxygen atoms in total. The lowest BCUT2D eigenvalue weighted by Gasteiger charge is -2.15. The van der Waals surface area contributed by atoms with Gasteiger partial charge < -0.3 is 9.26 Å². The van der Waals surface area contributed by atoms with Gasteiger partial charge >= 0.3 is 13.8 Å². The Balaban J connectivity index is 2.50. The van der Waals surface area contributed by atoms with Gasteiger partial charge in [0.1, 0.15) is 11.3 Å². The molecule has 1 aliphatic rings. The fraction of sp³-hybridized carbons (Fsp3) is 0.368. The summed E-state index contributed by atoms with van der Waals surface area (Å²) in [6, 6.07) is 4.61. The van der Waals surface area contributed by atoms with Crippen LogP contribution in [0.2, 0.25) is 0 Å². The third-order valence-corrected chi connectivity index (χ3v) is 4.43. The number of rotatable bonds is 2. The monoisotopic (exact) mass is 393 g/mol. The highest BCUT2D eigenvalue weighted by Crippen LogP contribution is 2.40. The molecule has 0 unspecified atom stereocenters. The number of nitrogens with zero attached hydrogens (tertiary/aromatic N) is 1. The lowest BCUT2D eigenvalue weighted by atomic mass is 9.99. The predicted octanol–water partition coefficient (Wildman–Crippen LogP) is 3.61. The topological polar surface area (TPSA) is 105 Å². The van der Waals surface area contributed by atoms with Crippen LogP contribution in [0.15, 0.2) is 47.0 Å². The van der Waals surface area contributed by atoms with Crippen molar-refractivity contribution in [2.75, 3.05) is 13.7 Å². The van der Waals surface area contributed by atoms with Gasteiger partial charge in [-0.05, 0) is 43.9 Å². The third-order valence-electron chi connectivity index (χ3n) is 4.00. The maximum atomic E-state index is 12.6. The number of hydrogen-bond acceptors (Lipinski definition) is 5. The molecule has 1 heterocycles. The maximum absolute atomic E-state index is 12.6. The van der Waals surface area contributed by atoms with E-state index in [9.17, 15) is 9.36 Å². The molecule has 2 rings (SSSR count). The van der Waals surface area contributed by atoms with E-state index < -0.39 is 13.8 Å². The van der Waals surface area contributed by atoms with Crippen LogP contribution in [0.25, 0.3) is 0 Å². The van der Waals surface area contributed by atoms with E-state index in [0.29, 0.717) is 18.4 Å². The van der Waals surface area contributed by atoms with E-state index >= 15 is 0 Å². The number of fused-ring (bicyclic) bond motifs is 1. The Labute approximate surface area is 158 Å². The first kappa shape index (κ1) is 21.1. The number of esters is 1. The number of phosphoric ester groups is 1. The molecule has 0 atom stereocenters. The van der Waals surface area contributed by atoms with Crippen molar-refractivity contribution >= 4 is 19.5 Å². The van der Waals surface area contributed by atoms with Gasteiger partial charge in [-0.1, -0.05) is 29.9 Å². The minimum atomic E-state index is -4.83. The summed E-state index contributed by atoms with van der Waals surface area (Å²) < 4.78 is 21.3. The number of phosphoric acid groups is 1. The van der Waals surface area contributed by atoms with Gasteiger partial charge in [-0.2, -0.15) is 0 Å². The average molecular weight is 393 g/mol. The molecule has 0 bridgehead atoms. The second kappa shape index (κ2) is 9.65. The summed E-state index contributed by atoms with van der Waals surface area (Å²) in [6.45, 7) is 2.19. The van der Waals surface area contributed by atoms with Crippen LogP contribution in [-0.4, -0.2) is 35.1 Å². The van der Waals surface area contributed by atoms with Crippen LogP contribution in [0.5, 0.6) is 5.75 Å². The van der Waals surface area contributed by atoms with Crippen LogP contribution in [-0.2, 0) is 15.7 Å². The summed E-state index contributed by atoms with van der Waals surface area (Å²) in [7, 11) is -3.16. The lowest BCUT2D eigenvalue weighted by Crippen LogP contribution is -2.13. The molecule has 0 aliphatic carbocycles. The SMILES string of the molecule is CN=C1/C=C(\C)CC/C=C/CCOC(=O)c2c(cccc2OP(=O)(O)O)C1. The quantitative estimate of drug-likeness (QED) is 0.452. The van der Waals surface area contributed by atoms with Crippen molar-refractivity contribution in [2.45, 2.75) is 32.6 Å². The van der Waals surface area contributed by atoms with Crippen molar-refractivity contribution in [3.63, 3.8) is 0 Å². The fourth-order valence-electron chi connectivity index (χ4n) is 2.74. The average Bonchev–Trinajstić information content (AvgIpc) is 2.58. The molecule has 0 fully saturated rings. The minimum absolute atomic E-state index is 0.00840. The second-order valence-electron chi connectivity index (χ2n) is 6.19. The normalized spacial score (nSPS) is 21.4. The number of hydrogen-bond donors (Lipinski definition) is 2. The summed E-state index contributed by atoms with van der Waals surface area (Å²) in [6.07, 6.45) is 8.61. The summed E-state index contributed by atoms with van der Waals surface area (Å²) in [5, 5.41) is 0. The second-order valence-corrected chi connectivity index (χ2v) is 7.35. The zero-order valence-electron chi connectivity index (χ0n) is 15.4. The summed E-state index contributed by atoms with van der Waals surface area (Å²) in [5.74, 6) is -0.889. The molecular weight excluding hydrogens is 369 g/mol. The smallest absolute Gasteiger partial charge is 0.462 e. The number of allylic oxidation sites excluding steroid dienone is 3. The first-order valence-electron chi connectivity index (χ1n) is 8.62. The van der Waals surface area contributed by atoms with Gasteiger partial charge in [0.2, 0.25) is 0 Å². The van der Waals surface area contributed by atoms with E-state index in [4.69, 9.17) is 19.0 Å². The van der Waals surface area contributed by atoms with Gasteiger partial charge in [-0.25, -0.2) is 9.36 Å². The zero-order valence-corrected chi connectivity index (χ0v) is 16.3. The number of carbonyl (C=O) groups excluding carboxylic acids is 1. The molecule has 8 heteroatoms. The van der Waals surface area contributed by atoms with Crippen molar-refractivity contribution in [2.24, 2.45) is 4.99 Å². The molecule has 0 amide bonds. The molecule has 0 radical (unpaired) electrons. The molecule has 146 valence electrons. The van der Waals surface area contributed by atoms with Crippen LogP contribution in [0.1, 0.15) is 42.1 Å². The van der Waals surface area contributed by atoms with Crippen LogP contribution >= 0.6 is 7.82 Å². The predicted molar refractivity (Wildman–Crippen MR) is 103 cm³/mol. The van der Waals surface area contributed by atoms with Crippen molar-refractivity contribution < 1.29 is 28.4 Å². The first-order valence-corrected chi connectivity index (χ1v) is 10.1. The Kier molecular flexibility index (Phi) is 7.54. The molecule has 1 aliphatic heterocycles. The highest BCUT2D eigenvalue weighted by Gasteiger charge is 2.25. The number of aliphatic imine (C=N–C) groups is 1. The van der Waals surface area contributed by atoms with Crippen molar-refractivity contribution in [3.05, 3.63) is 53.1 Å². The van der Waals surface area contributed by atoms with E-state index in [1.807, 2.05) is 25.2 Å². The lowest BCUT2D eigenvalue weighted by molar-refractivity contribution is 0.0508. The molecule has 1 aromatic rings. The third kappa shape index (κ3) is 6.79. The van der Waals surface area contributed by atoms with E-state index in [0.717, 1.165) is 24.1 Å². The van der Waals surface area contributed by atoms with Crippen molar-refractivity contribution in [1.82, 2.24) is 0 Å². The molecule has 27 heavy (non-hydrogen) atoms. The van der Waals surface area contributed by atoms with Crippen molar-refractivity contribution in [3.8, 4) is 5.75 Å². The van der Waals surface area contributed by atoms with Crippen LogP contribution < -0.4 is 4.52 Å². The Hall–Kier alpha value is -2.21. The van der Waals surface area contributed by atoms with E-state index in [-0.39, 0.29) is 17.9 Å². The van der Waals surface area contributed by atoms with Gasteiger partial charge in [0.05, 0.1) is 6.61 Å². The number of cyclic esters (lactones) is 1. The Morgan fingerprint density at radius 2 is 1.96 bits per heavy atom. The first-order chi connectivity index (χ1) is 12.8. The number of ether oxygens (including phenoxy) is 1. The molecule has 0 aromatic heterocycles. The van der Waals surface area contributed by atoms with Crippen LogP contribution in [0, 0.1) is 0 Å². The van der Waals surface area contributed by atoms with E-state index in [2.05, 4.69) is 4.99 Å². The van der Waals surface area contributed by atoms with Gasteiger partial charge in [-0.15, -0.1) is 0 Å². The molecule has 1 aromatic carbocycles. The van der Waals surface area contributed by atoms with Crippen LogP contribution in [0.3, 0.4) is 0 Å². The van der Waals surface area contributed by atoms with Crippen LogP contribution in [0.4, 0.5) is 0 Å². The van der Waals surface area contributed by atoms with Crippen molar-refractivity contribution in [1.29, 1.82) is 0 Å². The highest BCUT2D eigenvalue weighted by molar-refractivity contribution is 7.46. The molecule has 0 saturated carbocycles. The van der Waals surface area contributed by atoms with Gasteiger partial charge in [0, 0.05) is 19.2 Å². The zero-order chi connectivity index (χ0) is 19.9. The summed E-state index contributed by atoms with van der Waals surface area (Å²) in [5.41, 5.74) is 2.44. The maximum Gasteiger partial charge on any atom is 0.524 e. The highest BCUT2D eigenvalue weighted by atomic mass is 31.2. The van der Waals surface area contributed by atoms with Gasteiger partial charge in [-0.3, -0.25) is 14.8 Å². The summed E-state index contributed by atoms with van der Waals surface area (Å²) >= 11 is 0. The number of benzene rings is 1. The number of carbonyl (C=O) groups is 1. The Morgan fingerprint density at radius 3 is 2.67 bits per heavy atom. The van der Waals surface area contributed by atoms with Gasteiger partial charge in [0.25, 0.3) is 0 Å². The molecular formula is C19H24NO6P. The van der Waals surface area contributed by atoms with E-state index in [1.54, 1.807) is 19.2 Å². The Morgan fingerprint density at radius 1 is 1.22 bits per heavy atom. The largest absolute Gasteiger partial charge is 0.524 e. The fourth-order valence-corrected chi connectivity index (χ4v) is 3.15. The standard InChI is InChI=1S/C19H24NO6P/c1-14-8-5-3-4-6-11-25-19(21)18-15(13-16(12-14)20-2)9-7-10-17(18)26-27(22,23)24/h3-4,7,9-10,12H,5-6,8,11,13H2,1-2H3,(H2,22,23,24)/b4-3+,14-12+,20-16?. The molecule has 0 spiro atoms. The summed E-state index contributed by atoms with van der Waals surface area (Å²) in [4.78, 5) is 35.2. The van der Waals surface area contributed by atoms with E-state index in [1.165, 1.54) is 6.07 Å². The van der Waals surface area contributed by atoms with Gasteiger partial charge in [0.15, 0.2) is 0 Å². The molecule has 0 saturated heterocycles.